The van der Waals surface area contributed by atoms with Gasteiger partial charge < -0.3 is 24.8 Å². The lowest BCUT2D eigenvalue weighted by Crippen LogP contribution is -2.42. The Hall–Kier alpha value is -0.460. The molecule has 1 aliphatic heterocycles. The van der Waals surface area contributed by atoms with E-state index in [0.717, 1.165) is 19.3 Å². The van der Waals surface area contributed by atoms with Gasteiger partial charge in [0.05, 0.1) is 13.2 Å². The van der Waals surface area contributed by atoms with Gasteiger partial charge in [-0.15, -0.1) is 0 Å². The van der Waals surface area contributed by atoms with E-state index in [1.807, 2.05) is 0 Å². The summed E-state index contributed by atoms with van der Waals surface area (Å²) in [5.74, 6) is 0. The van der Waals surface area contributed by atoms with Gasteiger partial charge in [-0.1, -0.05) is 57.6 Å². The van der Waals surface area contributed by atoms with Crippen LogP contribution in [0.5, 0.6) is 0 Å². The zero-order chi connectivity index (χ0) is 18.3. The molecule has 0 unspecified atom stereocenters. The molecule has 1 rings (SSSR count). The molecule has 0 saturated carbocycles. The fourth-order valence-corrected chi connectivity index (χ4v) is 3.10. The molecule has 4 atom stereocenters. The Morgan fingerprint density at radius 3 is 2.24 bits per heavy atom. The van der Waals surface area contributed by atoms with Crippen LogP contribution in [0.3, 0.4) is 0 Å². The Bertz CT molecular complexity index is 334. The Balaban J connectivity index is 1.96. The molecule has 0 amide bonds. The summed E-state index contributed by atoms with van der Waals surface area (Å²) >= 11 is 0. The van der Waals surface area contributed by atoms with Crippen molar-refractivity contribution in [3.8, 4) is 0 Å². The van der Waals surface area contributed by atoms with Crippen LogP contribution in [0.25, 0.3) is 0 Å². The zero-order valence-electron chi connectivity index (χ0n) is 15.8. The molecule has 0 aromatic carbocycles. The van der Waals surface area contributed by atoms with Crippen LogP contribution in [0.15, 0.2) is 12.2 Å². The largest absolute Gasteiger partial charge is 0.394 e. The average molecular weight is 359 g/mol. The maximum absolute atomic E-state index is 9.79. The standard InChI is InChI=1S/C20H38O5/c1-2-3-4-5-6-7-8-9-10-11-12-13-14-24-18(15-21)20-19(23)17(22)16-25-20/h10-11,17-23H,2-9,12-16H2,1H3/b11-10+/t17-,18+,19-,20-/m1/s1. The van der Waals surface area contributed by atoms with Gasteiger partial charge in [-0.25, -0.2) is 0 Å². The molecule has 1 heterocycles. The molecule has 1 saturated heterocycles. The summed E-state index contributed by atoms with van der Waals surface area (Å²) in [7, 11) is 0. The Morgan fingerprint density at radius 1 is 1.00 bits per heavy atom. The summed E-state index contributed by atoms with van der Waals surface area (Å²) in [5.41, 5.74) is 0. The quantitative estimate of drug-likeness (QED) is 0.310. The maximum atomic E-state index is 9.79. The highest BCUT2D eigenvalue weighted by atomic mass is 16.6. The first kappa shape index (κ1) is 22.6. The lowest BCUT2D eigenvalue weighted by Gasteiger charge is -2.24. The normalized spacial score (nSPS) is 25.0. The summed E-state index contributed by atoms with van der Waals surface area (Å²) < 4.78 is 10.9. The Morgan fingerprint density at radius 2 is 1.64 bits per heavy atom. The second kappa shape index (κ2) is 14.7. The second-order valence-corrected chi connectivity index (χ2v) is 6.97. The van der Waals surface area contributed by atoms with Gasteiger partial charge in [0, 0.05) is 6.61 Å². The smallest absolute Gasteiger partial charge is 0.114 e. The Labute approximate surface area is 153 Å². The average Bonchev–Trinajstić information content (AvgIpc) is 2.95. The number of aliphatic hydroxyl groups excluding tert-OH is 3. The van der Waals surface area contributed by atoms with Crippen molar-refractivity contribution in [2.24, 2.45) is 0 Å². The monoisotopic (exact) mass is 358 g/mol. The van der Waals surface area contributed by atoms with Crippen LogP contribution in [0.1, 0.15) is 71.1 Å². The molecule has 0 spiro atoms. The lowest BCUT2D eigenvalue weighted by molar-refractivity contribution is -0.101. The molecule has 25 heavy (non-hydrogen) atoms. The van der Waals surface area contributed by atoms with Gasteiger partial charge >= 0.3 is 0 Å². The van der Waals surface area contributed by atoms with E-state index in [9.17, 15) is 15.3 Å². The molecule has 5 heteroatoms. The van der Waals surface area contributed by atoms with Gasteiger partial charge in [-0.05, 0) is 25.7 Å². The van der Waals surface area contributed by atoms with Crippen molar-refractivity contribution < 1.29 is 24.8 Å². The molecule has 0 aromatic rings. The Kier molecular flexibility index (Phi) is 13.3. The predicted molar refractivity (Wildman–Crippen MR) is 99.6 cm³/mol. The molecule has 1 aliphatic rings. The molecule has 0 aliphatic carbocycles. The highest BCUT2D eigenvalue weighted by Crippen LogP contribution is 2.19. The number of hydrogen-bond donors (Lipinski definition) is 3. The highest BCUT2D eigenvalue weighted by Gasteiger charge is 2.40. The van der Waals surface area contributed by atoms with E-state index in [-0.39, 0.29) is 13.2 Å². The minimum Gasteiger partial charge on any atom is -0.394 e. The van der Waals surface area contributed by atoms with Crippen molar-refractivity contribution in [1.82, 2.24) is 0 Å². The maximum Gasteiger partial charge on any atom is 0.114 e. The van der Waals surface area contributed by atoms with Crippen molar-refractivity contribution in [2.75, 3.05) is 19.8 Å². The summed E-state index contributed by atoms with van der Waals surface area (Å²) in [6.07, 6.45) is 13.7. The summed E-state index contributed by atoms with van der Waals surface area (Å²) in [6.45, 7) is 2.63. The molecule has 1 fully saturated rings. The van der Waals surface area contributed by atoms with Crippen molar-refractivity contribution in [2.45, 2.75) is 95.5 Å². The van der Waals surface area contributed by atoms with E-state index in [4.69, 9.17) is 9.47 Å². The number of unbranched alkanes of at least 4 members (excludes halogenated alkanes) is 8. The molecule has 3 N–H and O–H groups in total. The summed E-state index contributed by atoms with van der Waals surface area (Å²) in [4.78, 5) is 0. The number of rotatable bonds is 15. The van der Waals surface area contributed by atoms with Gasteiger partial charge in [-0.2, -0.15) is 0 Å². The predicted octanol–water partition coefficient (Wildman–Crippen LogP) is 2.96. The van der Waals surface area contributed by atoms with Crippen LogP contribution >= 0.6 is 0 Å². The van der Waals surface area contributed by atoms with Crippen LogP contribution in [-0.4, -0.2) is 59.6 Å². The van der Waals surface area contributed by atoms with Gasteiger partial charge in [0.2, 0.25) is 0 Å². The van der Waals surface area contributed by atoms with E-state index in [1.54, 1.807) is 0 Å². The molecule has 0 radical (unpaired) electrons. The minimum absolute atomic E-state index is 0.0903. The third-order valence-corrected chi connectivity index (χ3v) is 4.72. The number of allylic oxidation sites excluding steroid dienone is 2. The van der Waals surface area contributed by atoms with Gasteiger partial charge in [-0.3, -0.25) is 0 Å². The summed E-state index contributed by atoms with van der Waals surface area (Å²) in [6, 6.07) is 0. The number of ether oxygens (including phenoxy) is 2. The SMILES string of the molecule is CCCCCCCCC/C=C/CCCO[C@@H](CO)[C@H]1OC[C@@H](O)[C@H]1O. The third-order valence-electron chi connectivity index (χ3n) is 4.72. The first-order chi connectivity index (χ1) is 12.2. The zero-order valence-corrected chi connectivity index (χ0v) is 15.8. The van der Waals surface area contributed by atoms with Crippen LogP contribution in [0, 0.1) is 0 Å². The first-order valence-electron chi connectivity index (χ1n) is 10.1. The molecule has 0 aromatic heterocycles. The van der Waals surface area contributed by atoms with E-state index >= 15 is 0 Å². The van der Waals surface area contributed by atoms with Gasteiger partial charge in [0.15, 0.2) is 0 Å². The molecule has 148 valence electrons. The molecular weight excluding hydrogens is 320 g/mol. The van der Waals surface area contributed by atoms with E-state index in [1.165, 1.54) is 44.9 Å². The summed E-state index contributed by atoms with van der Waals surface area (Å²) in [5, 5.41) is 28.6. The fraction of sp³-hybridized carbons (Fsp3) is 0.900. The first-order valence-corrected chi connectivity index (χ1v) is 10.1. The molecule has 0 bridgehead atoms. The van der Waals surface area contributed by atoms with Crippen molar-refractivity contribution >= 4 is 0 Å². The van der Waals surface area contributed by atoms with Crippen molar-refractivity contribution in [3.63, 3.8) is 0 Å². The number of hydrogen-bond acceptors (Lipinski definition) is 5. The number of aliphatic hydroxyl groups is 3. The third kappa shape index (κ3) is 9.71. The fourth-order valence-electron chi connectivity index (χ4n) is 3.10. The van der Waals surface area contributed by atoms with Crippen molar-refractivity contribution in [3.05, 3.63) is 12.2 Å². The van der Waals surface area contributed by atoms with E-state index < -0.39 is 24.4 Å². The van der Waals surface area contributed by atoms with E-state index in [0.29, 0.717) is 6.61 Å². The minimum atomic E-state index is -0.987. The van der Waals surface area contributed by atoms with Crippen LogP contribution in [-0.2, 0) is 9.47 Å². The van der Waals surface area contributed by atoms with Crippen LogP contribution in [0.4, 0.5) is 0 Å². The van der Waals surface area contributed by atoms with Gasteiger partial charge in [0.25, 0.3) is 0 Å². The molecular formula is C20H38O5. The second-order valence-electron chi connectivity index (χ2n) is 6.97. The van der Waals surface area contributed by atoms with Crippen LogP contribution in [0.2, 0.25) is 0 Å². The topological polar surface area (TPSA) is 79.2 Å². The van der Waals surface area contributed by atoms with Crippen molar-refractivity contribution in [1.29, 1.82) is 0 Å². The van der Waals surface area contributed by atoms with E-state index in [2.05, 4.69) is 19.1 Å². The lowest BCUT2D eigenvalue weighted by atomic mass is 10.1. The highest BCUT2D eigenvalue weighted by molar-refractivity contribution is 4.88. The van der Waals surface area contributed by atoms with Gasteiger partial charge in [0.1, 0.15) is 24.4 Å². The van der Waals surface area contributed by atoms with Crippen LogP contribution < -0.4 is 0 Å². The molecule has 5 nitrogen and oxygen atoms in total.